The van der Waals surface area contributed by atoms with E-state index in [0.717, 1.165) is 19.3 Å². The van der Waals surface area contributed by atoms with Crippen LogP contribution in [-0.4, -0.2) is 9.55 Å². The van der Waals surface area contributed by atoms with Crippen molar-refractivity contribution < 1.29 is 0 Å². The molecule has 3 heteroatoms. The molecule has 1 aromatic heterocycles. The third kappa shape index (κ3) is 2.38. The van der Waals surface area contributed by atoms with E-state index in [1.54, 1.807) is 0 Å². The molecule has 0 saturated carbocycles. The van der Waals surface area contributed by atoms with Crippen LogP contribution in [0.2, 0.25) is 0 Å². The summed E-state index contributed by atoms with van der Waals surface area (Å²) in [6, 6.07) is 10.7. The van der Waals surface area contributed by atoms with Crippen molar-refractivity contribution in [3.63, 3.8) is 0 Å². The lowest BCUT2D eigenvalue weighted by Gasteiger charge is -2.27. The van der Waals surface area contributed by atoms with E-state index in [2.05, 4.69) is 40.7 Å². The molecular weight excluding hydrogens is 246 g/mol. The number of nitrogens with zero attached hydrogens (tertiary/aromatic N) is 2. The van der Waals surface area contributed by atoms with Crippen LogP contribution in [-0.2, 0) is 12.8 Å². The summed E-state index contributed by atoms with van der Waals surface area (Å²) in [5.41, 5.74) is 10.4. The molecule has 1 aliphatic carbocycles. The third-order valence-electron chi connectivity index (χ3n) is 4.43. The Morgan fingerprint density at radius 3 is 2.70 bits per heavy atom. The van der Waals surface area contributed by atoms with E-state index in [4.69, 9.17) is 5.73 Å². The molecule has 1 aliphatic rings. The number of imidazole rings is 1. The zero-order valence-electron chi connectivity index (χ0n) is 12.1. The number of aromatic nitrogens is 2. The molecule has 2 aromatic rings. The first-order chi connectivity index (χ1) is 9.81. The minimum absolute atomic E-state index is 0.0291. The Morgan fingerprint density at radius 2 is 1.95 bits per heavy atom. The minimum atomic E-state index is 0.0291. The number of hydrogen-bond acceptors (Lipinski definition) is 2. The number of nitrogens with two attached hydrogens (primary N) is 1. The van der Waals surface area contributed by atoms with Crippen LogP contribution in [0, 0.1) is 0 Å². The Hall–Kier alpha value is -1.61. The number of aryl methyl sites for hydroxylation is 1. The molecular formula is C17H23N3. The van der Waals surface area contributed by atoms with Crippen LogP contribution < -0.4 is 5.73 Å². The van der Waals surface area contributed by atoms with Crippen molar-refractivity contribution >= 4 is 0 Å². The quantitative estimate of drug-likeness (QED) is 0.924. The van der Waals surface area contributed by atoms with Crippen LogP contribution in [0.1, 0.15) is 55.2 Å². The number of benzene rings is 1. The van der Waals surface area contributed by atoms with Crippen molar-refractivity contribution in [3.05, 3.63) is 53.6 Å². The van der Waals surface area contributed by atoms with Crippen LogP contribution in [0.4, 0.5) is 0 Å². The zero-order chi connectivity index (χ0) is 13.9. The first kappa shape index (κ1) is 13.4. The second-order valence-corrected chi connectivity index (χ2v) is 5.66. The molecule has 0 spiro atoms. The predicted octanol–water partition coefficient (Wildman–Crippen LogP) is 3.41. The maximum Gasteiger partial charge on any atom is 0.0954 e. The summed E-state index contributed by atoms with van der Waals surface area (Å²) >= 11 is 0. The Morgan fingerprint density at radius 1 is 1.20 bits per heavy atom. The average molecular weight is 269 g/mol. The van der Waals surface area contributed by atoms with Gasteiger partial charge < -0.3 is 10.3 Å². The van der Waals surface area contributed by atoms with Gasteiger partial charge in [-0.15, -0.1) is 0 Å². The first-order valence-corrected chi connectivity index (χ1v) is 7.66. The van der Waals surface area contributed by atoms with E-state index < -0.39 is 0 Å². The van der Waals surface area contributed by atoms with Gasteiger partial charge in [0, 0.05) is 5.69 Å². The lowest BCUT2D eigenvalue weighted by Crippen LogP contribution is -2.25. The van der Waals surface area contributed by atoms with Crippen molar-refractivity contribution in [1.82, 2.24) is 9.55 Å². The van der Waals surface area contributed by atoms with Crippen molar-refractivity contribution in [2.75, 3.05) is 0 Å². The largest absolute Gasteiger partial charge is 0.329 e. The fraction of sp³-hybridized carbons (Fsp3) is 0.471. The summed E-state index contributed by atoms with van der Waals surface area (Å²) < 4.78 is 2.34. The van der Waals surface area contributed by atoms with Gasteiger partial charge in [-0.1, -0.05) is 37.3 Å². The van der Waals surface area contributed by atoms with Crippen LogP contribution in [0.25, 0.3) is 0 Å². The molecule has 0 aliphatic heterocycles. The summed E-state index contributed by atoms with van der Waals surface area (Å²) in [6.07, 6.45) is 7.85. The highest BCUT2D eigenvalue weighted by molar-refractivity contribution is 5.22. The van der Waals surface area contributed by atoms with Crippen LogP contribution in [0.3, 0.4) is 0 Å². The molecule has 20 heavy (non-hydrogen) atoms. The summed E-state index contributed by atoms with van der Waals surface area (Å²) in [5, 5.41) is 0. The van der Waals surface area contributed by atoms with E-state index in [1.165, 1.54) is 29.8 Å². The average Bonchev–Trinajstić information content (AvgIpc) is 2.93. The van der Waals surface area contributed by atoms with Gasteiger partial charge in [0.25, 0.3) is 0 Å². The second kappa shape index (κ2) is 5.80. The summed E-state index contributed by atoms with van der Waals surface area (Å²) in [6.45, 7) is 2.21. The monoisotopic (exact) mass is 269 g/mol. The number of fused-ring (bicyclic) bond motifs is 1. The molecule has 3 rings (SSSR count). The Labute approximate surface area is 120 Å². The van der Waals surface area contributed by atoms with Crippen molar-refractivity contribution in [3.8, 4) is 0 Å². The van der Waals surface area contributed by atoms with Gasteiger partial charge in [-0.05, 0) is 37.7 Å². The van der Waals surface area contributed by atoms with Crippen LogP contribution in [0.15, 0.2) is 36.7 Å². The molecule has 0 saturated heterocycles. The first-order valence-electron chi connectivity index (χ1n) is 7.66. The maximum atomic E-state index is 6.53. The molecule has 2 N–H and O–H groups in total. The van der Waals surface area contributed by atoms with E-state index in [9.17, 15) is 0 Å². The van der Waals surface area contributed by atoms with Crippen LogP contribution >= 0.6 is 0 Å². The van der Waals surface area contributed by atoms with E-state index in [-0.39, 0.29) is 6.04 Å². The fourth-order valence-corrected chi connectivity index (χ4v) is 3.30. The van der Waals surface area contributed by atoms with Crippen molar-refractivity contribution in [2.45, 2.75) is 51.1 Å². The molecule has 0 amide bonds. The Balaban J connectivity index is 1.92. The molecule has 0 radical (unpaired) electrons. The molecule has 2 atom stereocenters. The number of rotatable bonds is 4. The van der Waals surface area contributed by atoms with Crippen LogP contribution in [0.5, 0.6) is 0 Å². The molecule has 3 nitrogen and oxygen atoms in total. The lowest BCUT2D eigenvalue weighted by molar-refractivity contribution is 0.392. The van der Waals surface area contributed by atoms with Gasteiger partial charge >= 0.3 is 0 Å². The van der Waals surface area contributed by atoms with Gasteiger partial charge in [0.2, 0.25) is 0 Å². The molecule has 0 fully saturated rings. The van der Waals surface area contributed by atoms with Gasteiger partial charge in [0.15, 0.2) is 0 Å². The summed E-state index contributed by atoms with van der Waals surface area (Å²) in [5.74, 6) is 0. The maximum absolute atomic E-state index is 6.53. The number of hydrogen-bond donors (Lipinski definition) is 1. The lowest BCUT2D eigenvalue weighted by atomic mass is 9.96. The fourth-order valence-electron chi connectivity index (χ4n) is 3.30. The standard InChI is InChI=1S/C17H23N3/c1-2-15(17(18)13-8-4-3-5-9-13)20-12-19-14-10-6-7-11-16(14)20/h3-5,8-9,12,15,17H,2,6-7,10-11,18H2,1H3. The normalized spacial score (nSPS) is 17.5. The molecule has 2 unspecified atom stereocenters. The van der Waals surface area contributed by atoms with E-state index in [0.29, 0.717) is 6.04 Å². The molecule has 0 bridgehead atoms. The second-order valence-electron chi connectivity index (χ2n) is 5.66. The minimum Gasteiger partial charge on any atom is -0.329 e. The SMILES string of the molecule is CCC(C(N)c1ccccc1)n1cnc2c1CCCC2. The highest BCUT2D eigenvalue weighted by atomic mass is 15.1. The topological polar surface area (TPSA) is 43.8 Å². The van der Waals surface area contributed by atoms with E-state index >= 15 is 0 Å². The van der Waals surface area contributed by atoms with Gasteiger partial charge in [0.1, 0.15) is 0 Å². The molecule has 1 aromatic carbocycles. The Bertz CT molecular complexity index is 559. The third-order valence-corrected chi connectivity index (χ3v) is 4.43. The summed E-state index contributed by atoms with van der Waals surface area (Å²) in [4.78, 5) is 4.61. The Kier molecular flexibility index (Phi) is 3.88. The predicted molar refractivity (Wildman–Crippen MR) is 81.6 cm³/mol. The zero-order valence-corrected chi connectivity index (χ0v) is 12.1. The van der Waals surface area contributed by atoms with Crippen molar-refractivity contribution in [1.29, 1.82) is 0 Å². The molecule has 1 heterocycles. The molecule has 106 valence electrons. The summed E-state index contributed by atoms with van der Waals surface area (Å²) in [7, 11) is 0. The van der Waals surface area contributed by atoms with Gasteiger partial charge in [-0.25, -0.2) is 4.98 Å². The van der Waals surface area contributed by atoms with Gasteiger partial charge in [-0.2, -0.15) is 0 Å². The van der Waals surface area contributed by atoms with Crippen molar-refractivity contribution in [2.24, 2.45) is 5.73 Å². The van der Waals surface area contributed by atoms with E-state index in [1.807, 2.05) is 12.4 Å². The highest BCUT2D eigenvalue weighted by Gasteiger charge is 2.24. The highest BCUT2D eigenvalue weighted by Crippen LogP contribution is 2.31. The smallest absolute Gasteiger partial charge is 0.0954 e. The van der Waals surface area contributed by atoms with Gasteiger partial charge in [-0.3, -0.25) is 0 Å². The van der Waals surface area contributed by atoms with Gasteiger partial charge in [0.05, 0.1) is 24.1 Å².